The van der Waals surface area contributed by atoms with Crippen LogP contribution >= 0.6 is 46.7 Å². The maximum atomic E-state index is 8.93. The predicted octanol–water partition coefficient (Wildman–Crippen LogP) is 1.27. The van der Waals surface area contributed by atoms with Gasteiger partial charge in [-0.05, 0) is 88.8 Å². The average molecular weight is 764 g/mol. The Morgan fingerprint density at radius 3 is 1.40 bits per heavy atom. The molecule has 2 N–H and O–H groups in total. The molecule has 0 saturated carbocycles. The molecule has 4 aromatic rings. The Balaban J connectivity index is 0.000000194. The van der Waals surface area contributed by atoms with Gasteiger partial charge in [-0.15, -0.1) is 10.2 Å². The van der Waals surface area contributed by atoms with Gasteiger partial charge in [0.15, 0.2) is 0 Å². The summed E-state index contributed by atoms with van der Waals surface area (Å²) in [6.45, 7) is 11.7. The monoisotopic (exact) mass is 762 g/mol. The van der Waals surface area contributed by atoms with Crippen molar-refractivity contribution in [2.45, 2.75) is 62.7 Å². The first kappa shape index (κ1) is 39.6. The quantitative estimate of drug-likeness (QED) is 0.179. The average Bonchev–Trinajstić information content (AvgIpc) is 3.67. The number of piperidine rings is 2. The van der Waals surface area contributed by atoms with Gasteiger partial charge >= 0.3 is 0 Å². The van der Waals surface area contributed by atoms with Gasteiger partial charge in [0, 0.05) is 10.0 Å². The zero-order chi connectivity index (χ0) is 35.9. The molecule has 4 heterocycles. The number of benzene rings is 2. The number of carboxylic acids is 2. The first-order valence-corrected chi connectivity index (χ1v) is 19.6. The summed E-state index contributed by atoms with van der Waals surface area (Å²) in [6, 6.07) is 15.4. The summed E-state index contributed by atoms with van der Waals surface area (Å²) >= 11 is 15.6. The fraction of sp³-hybridized carbons (Fsp3) is 0.471. The number of halogens is 2. The number of nitrogens with zero attached hydrogens (tertiary/aromatic N) is 6. The van der Waals surface area contributed by atoms with E-state index in [1.54, 1.807) is 33.3 Å². The number of rotatable bonds is 10. The number of aryl methyl sites for hydroxylation is 2. The zero-order valence-corrected chi connectivity index (χ0v) is 31.6. The third-order valence-electron chi connectivity index (χ3n) is 8.27. The largest absolute Gasteiger partial charge is 0.543 e. The van der Waals surface area contributed by atoms with Crippen LogP contribution in [0.25, 0.3) is 11.4 Å². The van der Waals surface area contributed by atoms with E-state index >= 15 is 0 Å². The Bertz CT molecular complexity index is 1550. The second kappa shape index (κ2) is 20.6. The van der Waals surface area contributed by atoms with Gasteiger partial charge in [-0.3, -0.25) is 0 Å². The van der Waals surface area contributed by atoms with Crippen molar-refractivity contribution in [3.8, 4) is 11.4 Å². The van der Waals surface area contributed by atoms with E-state index in [0.29, 0.717) is 0 Å². The zero-order valence-electron chi connectivity index (χ0n) is 28.4. The third-order valence-corrected chi connectivity index (χ3v) is 10.4. The summed E-state index contributed by atoms with van der Waals surface area (Å²) in [5, 5.41) is 30.2. The van der Waals surface area contributed by atoms with E-state index < -0.39 is 11.9 Å². The molecule has 2 aromatic heterocycles. The van der Waals surface area contributed by atoms with E-state index in [2.05, 4.69) is 20.2 Å². The normalized spacial score (nSPS) is 15.0. The fourth-order valence-electron chi connectivity index (χ4n) is 5.74. The molecule has 270 valence electrons. The van der Waals surface area contributed by atoms with Crippen LogP contribution in [0.1, 0.15) is 50.2 Å². The number of carbonyl (C=O) groups is 2. The molecule has 0 spiro atoms. The van der Waals surface area contributed by atoms with E-state index in [0.717, 1.165) is 54.9 Å². The van der Waals surface area contributed by atoms with E-state index in [1.807, 2.05) is 71.7 Å². The Hall–Kier alpha value is -3.14. The third kappa shape index (κ3) is 13.2. The maximum Gasteiger partial charge on any atom is 0.209 e. The van der Waals surface area contributed by atoms with Gasteiger partial charge < -0.3 is 29.6 Å². The van der Waals surface area contributed by atoms with Gasteiger partial charge in [-0.1, -0.05) is 58.9 Å². The molecule has 2 aromatic carbocycles. The number of aliphatic carboxylic acids is 2. The number of carboxylic acid groups (broad SMARTS) is 2. The molecular weight excluding hydrogens is 719 g/mol. The van der Waals surface area contributed by atoms with Gasteiger partial charge in [-0.2, -0.15) is 0 Å². The predicted molar refractivity (Wildman–Crippen MR) is 193 cm³/mol. The molecule has 2 saturated heterocycles. The molecule has 50 heavy (non-hydrogen) atoms. The number of likely N-dealkylation sites (tertiary alicyclic amines) is 2. The summed E-state index contributed by atoms with van der Waals surface area (Å²) in [5.41, 5.74) is 1.93. The Labute approximate surface area is 311 Å². The minimum absolute atomic E-state index is 0.718. The molecule has 2 aliphatic rings. The summed E-state index contributed by atoms with van der Waals surface area (Å²) in [4.78, 5) is 30.4. The minimum atomic E-state index is -2.19. The van der Waals surface area contributed by atoms with Gasteiger partial charge in [0.2, 0.25) is 10.3 Å². The van der Waals surface area contributed by atoms with Crippen LogP contribution in [0.3, 0.4) is 0 Å². The van der Waals surface area contributed by atoms with Crippen LogP contribution in [0.2, 0.25) is 10.0 Å². The first-order valence-electron chi connectivity index (χ1n) is 16.8. The van der Waals surface area contributed by atoms with Crippen LogP contribution in [-0.2, 0) is 9.59 Å². The van der Waals surface area contributed by atoms with Crippen LogP contribution in [0.5, 0.6) is 0 Å². The van der Waals surface area contributed by atoms with E-state index in [9.17, 15) is 0 Å². The van der Waals surface area contributed by atoms with Crippen LogP contribution < -0.4 is 20.0 Å². The fourth-order valence-corrected chi connectivity index (χ4v) is 7.92. The van der Waals surface area contributed by atoms with E-state index in [4.69, 9.17) is 43.0 Å². The van der Waals surface area contributed by atoms with Gasteiger partial charge in [0.1, 0.15) is 11.6 Å². The molecule has 16 heteroatoms. The number of nitrogens with one attached hydrogen (secondary N) is 2. The van der Waals surface area contributed by atoms with E-state index in [1.165, 1.54) is 77.8 Å². The summed E-state index contributed by atoms with van der Waals surface area (Å²) < 4.78 is 3.73. The molecule has 0 unspecified atom stereocenters. The van der Waals surface area contributed by atoms with Crippen molar-refractivity contribution >= 4 is 58.7 Å². The molecule has 0 aliphatic carbocycles. The molecule has 0 atom stereocenters. The van der Waals surface area contributed by atoms with Crippen LogP contribution in [0, 0.1) is 13.8 Å². The topological polar surface area (TPSA) is 151 Å². The van der Waals surface area contributed by atoms with Gasteiger partial charge in [-0.25, -0.2) is 19.3 Å². The Morgan fingerprint density at radius 2 is 1.06 bits per heavy atom. The van der Waals surface area contributed by atoms with Crippen molar-refractivity contribution in [3.63, 3.8) is 0 Å². The maximum absolute atomic E-state index is 8.93. The van der Waals surface area contributed by atoms with Crippen molar-refractivity contribution in [2.24, 2.45) is 0 Å². The van der Waals surface area contributed by atoms with E-state index in [-0.39, 0.29) is 0 Å². The second-order valence-corrected chi connectivity index (χ2v) is 15.1. The lowest BCUT2D eigenvalue weighted by Crippen LogP contribution is -3.13. The highest BCUT2D eigenvalue weighted by Gasteiger charge is 2.16. The van der Waals surface area contributed by atoms with Crippen molar-refractivity contribution < 1.29 is 29.6 Å². The highest BCUT2D eigenvalue weighted by atomic mass is 35.5. The molecule has 12 nitrogen and oxygen atoms in total. The molecule has 0 bridgehead atoms. The molecule has 0 radical (unpaired) electrons. The molecule has 2 fully saturated rings. The number of aromatic nitrogens is 6. The first-order chi connectivity index (χ1) is 24.1. The summed E-state index contributed by atoms with van der Waals surface area (Å²) in [7, 11) is 0. The molecule has 2 aliphatic heterocycles. The lowest BCUT2D eigenvalue weighted by Gasteiger charge is -2.22. The minimum Gasteiger partial charge on any atom is -0.543 e. The standard InChI is InChI=1S/2C16H21ClN4S.C2H2O4/c2*1-13-18-16(22-11-10-20-8-3-2-4-9-20)19-21(13)15-7-5-6-14(17)12-15;3-1(4)2(5)6/h2*5-7,12H,2-4,8-11H2,1H3;(H,3,4)(H,5,6). The lowest BCUT2D eigenvalue weighted by atomic mass is 10.1. The number of hydrogen-bond donors (Lipinski definition) is 2. The van der Waals surface area contributed by atoms with Gasteiger partial charge in [0.05, 0.1) is 74.1 Å². The van der Waals surface area contributed by atoms with Crippen LogP contribution in [0.4, 0.5) is 0 Å². The van der Waals surface area contributed by atoms with Crippen molar-refractivity contribution in [1.82, 2.24) is 29.5 Å². The number of hydrogen-bond acceptors (Lipinski definition) is 10. The molecular formula is C34H44Cl2N8O4S2. The lowest BCUT2D eigenvalue weighted by molar-refractivity contribution is -0.902. The molecule has 0 amide bonds. The highest BCUT2D eigenvalue weighted by molar-refractivity contribution is 7.99. The van der Waals surface area contributed by atoms with Crippen molar-refractivity contribution in [1.29, 1.82) is 0 Å². The Kier molecular flexibility index (Phi) is 16.4. The summed E-state index contributed by atoms with van der Waals surface area (Å²) in [6.07, 6.45) is 8.31. The Morgan fingerprint density at radius 1 is 0.680 bits per heavy atom. The van der Waals surface area contributed by atoms with Crippen LogP contribution in [0.15, 0.2) is 58.8 Å². The van der Waals surface area contributed by atoms with Crippen LogP contribution in [-0.4, -0.2) is 92.2 Å². The summed E-state index contributed by atoms with van der Waals surface area (Å²) in [5.74, 6) is -0.418. The number of quaternary nitrogens is 2. The second-order valence-electron chi connectivity index (χ2n) is 12.1. The smallest absolute Gasteiger partial charge is 0.209 e. The number of thioether (sulfide) groups is 2. The van der Waals surface area contributed by atoms with Crippen molar-refractivity contribution in [3.05, 3.63) is 70.2 Å². The van der Waals surface area contributed by atoms with Crippen molar-refractivity contribution in [2.75, 3.05) is 50.8 Å². The van der Waals surface area contributed by atoms with Gasteiger partial charge in [0.25, 0.3) is 0 Å². The highest BCUT2D eigenvalue weighted by Crippen LogP contribution is 2.20. The molecule has 6 rings (SSSR count). The number of carbonyl (C=O) groups excluding carboxylic acids is 2. The SMILES string of the molecule is Cc1nc(SCC[NH+]2CCCCC2)nn1-c1cccc(Cl)c1.Cc1nc(SCC[NH+]2CCCCC2)nn1-c1cccc(Cl)c1.O=C([O-])C(=O)[O-].